The first-order valence-electron chi connectivity index (χ1n) is 9.56. The maximum absolute atomic E-state index is 14.2. The van der Waals surface area contributed by atoms with Crippen molar-refractivity contribution in [1.82, 2.24) is 9.03 Å². The lowest BCUT2D eigenvalue weighted by molar-refractivity contribution is 0.409. The Morgan fingerprint density at radius 1 is 0.969 bits per heavy atom. The Kier molecular flexibility index (Phi) is 5.92. The monoisotopic (exact) mass is 522 g/mol. The summed E-state index contributed by atoms with van der Waals surface area (Å²) in [4.78, 5) is -1.71. The van der Waals surface area contributed by atoms with Gasteiger partial charge in [0, 0.05) is 24.7 Å². The van der Waals surface area contributed by atoms with Crippen LogP contribution >= 0.6 is 11.6 Å². The van der Waals surface area contributed by atoms with E-state index in [0.29, 0.717) is 0 Å². The van der Waals surface area contributed by atoms with Gasteiger partial charge in [-0.3, -0.25) is 0 Å². The van der Waals surface area contributed by atoms with E-state index in [1.807, 2.05) is 0 Å². The zero-order valence-corrected chi connectivity index (χ0v) is 20.0. The van der Waals surface area contributed by atoms with Crippen molar-refractivity contribution in [3.05, 3.63) is 53.3 Å². The van der Waals surface area contributed by atoms with Gasteiger partial charge < -0.3 is 0 Å². The highest BCUT2D eigenvalue weighted by atomic mass is 35.5. The summed E-state index contributed by atoms with van der Waals surface area (Å²) >= 11 is 5.96. The van der Waals surface area contributed by atoms with E-state index in [1.54, 1.807) is 0 Å². The van der Waals surface area contributed by atoms with Crippen LogP contribution < -0.4 is 4.72 Å². The lowest BCUT2D eigenvalue weighted by atomic mass is 10.3. The predicted octanol–water partition coefficient (Wildman–Crippen LogP) is 1.73. The molecule has 8 nitrogen and oxygen atoms in total. The number of benzene rings is 2. The number of sulfonamides is 2. The van der Waals surface area contributed by atoms with E-state index in [9.17, 15) is 29.6 Å². The fourth-order valence-electron chi connectivity index (χ4n) is 4.18. The maximum Gasteiger partial charge on any atom is 0.244 e. The third kappa shape index (κ3) is 4.31. The van der Waals surface area contributed by atoms with Gasteiger partial charge in [0.2, 0.25) is 29.9 Å². The van der Waals surface area contributed by atoms with Crippen LogP contribution in [0.2, 0.25) is 5.02 Å². The predicted molar refractivity (Wildman–Crippen MR) is 115 cm³/mol. The third-order valence-electron chi connectivity index (χ3n) is 5.86. The van der Waals surface area contributed by atoms with Crippen LogP contribution in [0.1, 0.15) is 0 Å². The highest BCUT2D eigenvalue weighted by molar-refractivity contribution is 7.93. The van der Waals surface area contributed by atoms with E-state index >= 15 is 0 Å². The molecule has 0 bridgehead atoms. The molecule has 174 valence electrons. The molecule has 2 aliphatic rings. The fourth-order valence-corrected chi connectivity index (χ4v) is 8.56. The number of nitrogens with one attached hydrogen (secondary N) is 1. The third-order valence-corrected chi connectivity index (χ3v) is 10.6. The molecule has 2 aromatic carbocycles. The second kappa shape index (κ2) is 8.03. The van der Waals surface area contributed by atoms with Crippen LogP contribution in [0.25, 0.3) is 0 Å². The Hall–Kier alpha value is -1.57. The molecule has 1 N–H and O–H groups in total. The van der Waals surface area contributed by atoms with Gasteiger partial charge in [-0.15, -0.1) is 0 Å². The molecule has 2 fully saturated rings. The van der Waals surface area contributed by atoms with Crippen molar-refractivity contribution in [3.8, 4) is 0 Å². The topological polar surface area (TPSA) is 118 Å². The largest absolute Gasteiger partial charge is 0.244 e. The number of rotatable bonds is 7. The minimum absolute atomic E-state index is 0.00459. The minimum Gasteiger partial charge on any atom is -0.218 e. The summed E-state index contributed by atoms with van der Waals surface area (Å²) in [6.45, 7) is 0.520. The standard InChI is InChI=1S/C19H20ClFN2O6S3/c1-30(24,25)22-9-13-14-10-23(11-15(13)14)32(28,29)18-7-6-12(20)8-19(18)31(26,27)17-5-3-2-4-16(17)21/h2-8,13-15,22H,9-11H2,1H3. The van der Waals surface area contributed by atoms with Crippen LogP contribution in [0.4, 0.5) is 4.39 Å². The van der Waals surface area contributed by atoms with Crippen molar-refractivity contribution in [2.24, 2.45) is 17.8 Å². The SMILES string of the molecule is CS(=O)(=O)NCC1C2CN(S(=O)(=O)c3ccc(Cl)cc3S(=O)(=O)c3ccccc3F)CC12. The quantitative estimate of drug-likeness (QED) is 0.591. The van der Waals surface area contributed by atoms with Crippen LogP contribution in [0.5, 0.6) is 0 Å². The summed E-state index contributed by atoms with van der Waals surface area (Å²) in [5, 5.41) is -0.00459. The number of halogens is 2. The van der Waals surface area contributed by atoms with E-state index < -0.39 is 50.4 Å². The molecule has 0 radical (unpaired) electrons. The second-order valence-electron chi connectivity index (χ2n) is 7.96. The molecule has 1 saturated carbocycles. The molecule has 1 aliphatic heterocycles. The van der Waals surface area contributed by atoms with Crippen molar-refractivity contribution in [1.29, 1.82) is 0 Å². The van der Waals surface area contributed by atoms with Gasteiger partial charge in [0.15, 0.2) is 0 Å². The summed E-state index contributed by atoms with van der Waals surface area (Å²) in [5.41, 5.74) is 0. The molecule has 0 spiro atoms. The van der Waals surface area contributed by atoms with Crippen LogP contribution in [-0.2, 0) is 29.9 Å². The maximum atomic E-state index is 14.2. The van der Waals surface area contributed by atoms with Gasteiger partial charge in [-0.1, -0.05) is 23.7 Å². The summed E-state index contributed by atoms with van der Waals surface area (Å²) in [6, 6.07) is 8.09. The van der Waals surface area contributed by atoms with E-state index in [0.717, 1.165) is 30.5 Å². The lowest BCUT2D eigenvalue weighted by Gasteiger charge is -2.21. The molecule has 2 unspecified atom stereocenters. The summed E-state index contributed by atoms with van der Waals surface area (Å²) in [6.07, 6.45) is 1.06. The van der Waals surface area contributed by atoms with Crippen LogP contribution in [0.3, 0.4) is 0 Å². The van der Waals surface area contributed by atoms with Gasteiger partial charge in [-0.2, -0.15) is 4.31 Å². The van der Waals surface area contributed by atoms with Gasteiger partial charge >= 0.3 is 0 Å². The highest BCUT2D eigenvalue weighted by Gasteiger charge is 2.58. The first-order valence-corrected chi connectivity index (χ1v) is 14.8. The normalized spacial score (nSPS) is 23.8. The van der Waals surface area contributed by atoms with Gasteiger partial charge in [-0.25, -0.2) is 34.4 Å². The molecule has 2 atom stereocenters. The van der Waals surface area contributed by atoms with Crippen LogP contribution in [-0.4, -0.2) is 55.4 Å². The van der Waals surface area contributed by atoms with E-state index in [2.05, 4.69) is 4.72 Å². The highest BCUT2D eigenvalue weighted by Crippen LogP contribution is 2.52. The molecule has 0 amide bonds. The Labute approximate surface area is 191 Å². The van der Waals surface area contributed by atoms with Gasteiger partial charge in [0.05, 0.1) is 11.2 Å². The number of piperidine rings is 1. The van der Waals surface area contributed by atoms with Crippen molar-refractivity contribution >= 4 is 41.5 Å². The lowest BCUT2D eigenvalue weighted by Crippen LogP contribution is -2.34. The zero-order chi connectivity index (χ0) is 23.5. The van der Waals surface area contributed by atoms with Crippen molar-refractivity contribution in [2.45, 2.75) is 14.7 Å². The smallest absolute Gasteiger partial charge is 0.218 e. The Morgan fingerprint density at radius 2 is 1.59 bits per heavy atom. The second-order valence-corrected chi connectivity index (χ2v) is 14.0. The molecule has 2 aromatic rings. The Bertz CT molecular complexity index is 1380. The van der Waals surface area contributed by atoms with E-state index in [1.165, 1.54) is 22.5 Å². The molecule has 0 aromatic heterocycles. The molecule has 1 saturated heterocycles. The summed E-state index contributed by atoms with van der Waals surface area (Å²) < 4.78 is 93.4. The summed E-state index contributed by atoms with van der Waals surface area (Å²) in [5.74, 6) is -1.00. The number of hydrogen-bond donors (Lipinski definition) is 1. The number of hydrogen-bond acceptors (Lipinski definition) is 6. The average Bonchev–Trinajstić information content (AvgIpc) is 3.14. The molecule has 1 heterocycles. The molecule has 13 heteroatoms. The molecular formula is C19H20ClFN2O6S3. The zero-order valence-electron chi connectivity index (χ0n) is 16.8. The molecule has 4 rings (SSSR count). The fraction of sp³-hybridized carbons (Fsp3) is 0.368. The first kappa shape index (κ1) is 23.6. The summed E-state index contributed by atoms with van der Waals surface area (Å²) in [7, 11) is -12.1. The first-order chi connectivity index (χ1) is 14.8. The van der Waals surface area contributed by atoms with Crippen molar-refractivity contribution < 1.29 is 29.6 Å². The Balaban J connectivity index is 1.64. The minimum atomic E-state index is -4.52. The van der Waals surface area contributed by atoms with Crippen LogP contribution in [0.15, 0.2) is 57.2 Å². The molecular weight excluding hydrogens is 503 g/mol. The number of nitrogens with zero attached hydrogens (tertiary/aromatic N) is 1. The molecule has 1 aliphatic carbocycles. The van der Waals surface area contributed by atoms with Crippen LogP contribution in [0, 0.1) is 23.6 Å². The van der Waals surface area contributed by atoms with Gasteiger partial charge in [0.1, 0.15) is 15.6 Å². The number of fused-ring (bicyclic) bond motifs is 1. The van der Waals surface area contributed by atoms with E-state index in [4.69, 9.17) is 11.6 Å². The molecule has 32 heavy (non-hydrogen) atoms. The Morgan fingerprint density at radius 3 is 2.19 bits per heavy atom. The average molecular weight is 523 g/mol. The van der Waals surface area contributed by atoms with Gasteiger partial charge in [0.25, 0.3) is 0 Å². The number of sulfone groups is 1. The van der Waals surface area contributed by atoms with Crippen molar-refractivity contribution in [2.75, 3.05) is 25.9 Å². The van der Waals surface area contributed by atoms with Gasteiger partial charge in [-0.05, 0) is 48.1 Å². The van der Waals surface area contributed by atoms with Crippen molar-refractivity contribution in [3.63, 3.8) is 0 Å². The van der Waals surface area contributed by atoms with E-state index in [-0.39, 0.29) is 42.4 Å².